The van der Waals surface area contributed by atoms with Crippen molar-refractivity contribution in [3.8, 4) is 11.5 Å². The summed E-state index contributed by atoms with van der Waals surface area (Å²) < 4.78 is 38.5. The summed E-state index contributed by atoms with van der Waals surface area (Å²) in [5.41, 5.74) is 2.19. The molecule has 188 valence electrons. The van der Waals surface area contributed by atoms with E-state index in [1.165, 1.54) is 25.4 Å². The third-order valence-electron chi connectivity index (χ3n) is 6.69. The van der Waals surface area contributed by atoms with E-state index in [0.717, 1.165) is 11.3 Å². The van der Waals surface area contributed by atoms with E-state index in [4.69, 9.17) is 9.47 Å². The Bertz CT molecular complexity index is 1220. The number of nitrogens with zero attached hydrogens (tertiary/aromatic N) is 2. The molecule has 35 heavy (non-hydrogen) atoms. The quantitative estimate of drug-likeness (QED) is 0.652. The van der Waals surface area contributed by atoms with Crippen LogP contribution in [0, 0.1) is 5.92 Å². The average molecular weight is 502 g/mol. The molecule has 10 heteroatoms. The molecule has 1 unspecified atom stereocenters. The number of anilines is 2. The van der Waals surface area contributed by atoms with E-state index in [9.17, 15) is 18.0 Å². The SMILES string of the molecule is COc1cc(NC(=O)C2CCN(S(=O)(=O)c3ccc4c(c3)CC(C)N4C(C)=O)CC2)cc(OC)c1. The van der Waals surface area contributed by atoms with Gasteiger partial charge in [0, 0.05) is 61.5 Å². The Morgan fingerprint density at radius 2 is 1.63 bits per heavy atom. The van der Waals surface area contributed by atoms with E-state index in [2.05, 4.69) is 5.32 Å². The topological polar surface area (TPSA) is 105 Å². The van der Waals surface area contributed by atoms with Gasteiger partial charge >= 0.3 is 0 Å². The van der Waals surface area contributed by atoms with Crippen LogP contribution in [-0.2, 0) is 26.0 Å². The molecule has 2 aliphatic rings. The first-order valence-corrected chi connectivity index (χ1v) is 13.0. The molecule has 0 spiro atoms. The monoisotopic (exact) mass is 501 g/mol. The Morgan fingerprint density at radius 3 is 2.20 bits per heavy atom. The summed E-state index contributed by atoms with van der Waals surface area (Å²) in [6.07, 6.45) is 1.47. The molecule has 0 radical (unpaired) electrons. The Balaban J connectivity index is 1.42. The molecule has 0 aromatic heterocycles. The number of benzene rings is 2. The molecule has 2 amide bonds. The number of carbonyl (C=O) groups excluding carboxylic acids is 2. The number of nitrogens with one attached hydrogen (secondary N) is 1. The highest BCUT2D eigenvalue weighted by Gasteiger charge is 2.34. The van der Waals surface area contributed by atoms with Crippen LogP contribution in [0.3, 0.4) is 0 Å². The zero-order chi connectivity index (χ0) is 25.3. The molecule has 0 aliphatic carbocycles. The minimum Gasteiger partial charge on any atom is -0.497 e. The van der Waals surface area contributed by atoms with E-state index in [1.807, 2.05) is 6.92 Å². The molecule has 9 nitrogen and oxygen atoms in total. The second kappa shape index (κ2) is 9.87. The summed E-state index contributed by atoms with van der Waals surface area (Å²) in [5.74, 6) is 0.614. The summed E-state index contributed by atoms with van der Waals surface area (Å²) >= 11 is 0. The summed E-state index contributed by atoms with van der Waals surface area (Å²) in [5, 5.41) is 2.89. The van der Waals surface area contributed by atoms with Crippen molar-refractivity contribution in [2.45, 2.75) is 44.0 Å². The zero-order valence-electron chi connectivity index (χ0n) is 20.4. The zero-order valence-corrected chi connectivity index (χ0v) is 21.2. The predicted octanol–water partition coefficient (Wildman–Crippen LogP) is 3.04. The van der Waals surface area contributed by atoms with Crippen molar-refractivity contribution in [2.24, 2.45) is 5.92 Å². The summed E-state index contributed by atoms with van der Waals surface area (Å²) in [7, 11) is -0.621. The number of carbonyl (C=O) groups is 2. The molecule has 1 atom stereocenters. The highest BCUT2D eigenvalue weighted by atomic mass is 32.2. The summed E-state index contributed by atoms with van der Waals surface area (Å²) in [6.45, 7) is 3.98. The molecular weight excluding hydrogens is 470 g/mol. The lowest BCUT2D eigenvalue weighted by atomic mass is 9.97. The van der Waals surface area contributed by atoms with Crippen LogP contribution in [-0.4, -0.2) is 57.9 Å². The largest absolute Gasteiger partial charge is 0.497 e. The van der Waals surface area contributed by atoms with E-state index < -0.39 is 10.0 Å². The van der Waals surface area contributed by atoms with E-state index in [1.54, 1.807) is 41.3 Å². The molecule has 2 aromatic carbocycles. The van der Waals surface area contributed by atoms with Gasteiger partial charge in [0.25, 0.3) is 0 Å². The van der Waals surface area contributed by atoms with Gasteiger partial charge in [0.05, 0.1) is 19.1 Å². The van der Waals surface area contributed by atoms with Crippen LogP contribution in [0.25, 0.3) is 0 Å². The first-order chi connectivity index (χ1) is 16.6. The van der Waals surface area contributed by atoms with Crippen molar-refractivity contribution in [3.05, 3.63) is 42.0 Å². The fourth-order valence-corrected chi connectivity index (χ4v) is 6.40. The van der Waals surface area contributed by atoms with E-state index in [0.29, 0.717) is 36.4 Å². The van der Waals surface area contributed by atoms with E-state index >= 15 is 0 Å². The van der Waals surface area contributed by atoms with Crippen molar-refractivity contribution in [3.63, 3.8) is 0 Å². The van der Waals surface area contributed by atoms with Gasteiger partial charge in [-0.1, -0.05) is 0 Å². The number of rotatable bonds is 6. The Labute approximate surface area is 206 Å². The molecule has 2 aliphatic heterocycles. The molecular formula is C25H31N3O6S. The maximum absolute atomic E-state index is 13.3. The fourth-order valence-electron chi connectivity index (χ4n) is 4.88. The molecule has 1 fully saturated rings. The third kappa shape index (κ3) is 4.99. The Kier molecular flexibility index (Phi) is 7.05. The minimum absolute atomic E-state index is 0.000683. The van der Waals surface area contributed by atoms with Crippen LogP contribution in [0.15, 0.2) is 41.3 Å². The van der Waals surface area contributed by atoms with Gasteiger partial charge < -0.3 is 19.7 Å². The molecule has 1 N–H and O–H groups in total. The van der Waals surface area contributed by atoms with Crippen LogP contribution >= 0.6 is 0 Å². The first-order valence-electron chi connectivity index (χ1n) is 11.6. The lowest BCUT2D eigenvalue weighted by Gasteiger charge is -2.30. The lowest BCUT2D eigenvalue weighted by molar-refractivity contribution is -0.121. The standard InChI is InChI=1S/C25H31N3O6S/c1-16-11-19-12-23(5-6-24(19)28(16)17(2)29)35(31,32)27-9-7-18(8-10-27)25(30)26-20-13-21(33-3)15-22(14-20)34-4/h5-6,12-16,18H,7-11H2,1-4H3,(H,26,30). The van der Waals surface area contributed by atoms with Crippen molar-refractivity contribution in [1.82, 2.24) is 4.31 Å². The smallest absolute Gasteiger partial charge is 0.243 e. The molecule has 0 bridgehead atoms. The van der Waals surface area contributed by atoms with Crippen molar-refractivity contribution in [2.75, 3.05) is 37.5 Å². The normalized spacial score (nSPS) is 18.7. The number of methoxy groups -OCH3 is 2. The van der Waals surface area contributed by atoms with Gasteiger partial charge in [-0.25, -0.2) is 8.42 Å². The van der Waals surface area contributed by atoms with Crippen molar-refractivity contribution >= 4 is 33.2 Å². The van der Waals surface area contributed by atoms with Crippen LogP contribution in [0.5, 0.6) is 11.5 Å². The number of sulfonamides is 1. The second-order valence-electron chi connectivity index (χ2n) is 9.00. The van der Waals surface area contributed by atoms with Crippen LogP contribution < -0.4 is 19.7 Å². The number of hydrogen-bond acceptors (Lipinski definition) is 6. The Morgan fingerprint density at radius 1 is 1.00 bits per heavy atom. The van der Waals surface area contributed by atoms with Gasteiger partial charge in [-0.05, 0) is 49.9 Å². The second-order valence-corrected chi connectivity index (χ2v) is 10.9. The van der Waals surface area contributed by atoms with Gasteiger partial charge in [0.1, 0.15) is 11.5 Å². The predicted molar refractivity (Wildman–Crippen MR) is 132 cm³/mol. The molecule has 4 rings (SSSR count). The number of ether oxygens (including phenoxy) is 2. The van der Waals surface area contributed by atoms with Crippen LogP contribution in [0.2, 0.25) is 0 Å². The maximum Gasteiger partial charge on any atom is 0.243 e. The van der Waals surface area contributed by atoms with Crippen LogP contribution in [0.1, 0.15) is 32.3 Å². The highest BCUT2D eigenvalue weighted by Crippen LogP contribution is 2.35. The van der Waals surface area contributed by atoms with Crippen molar-refractivity contribution in [1.29, 1.82) is 0 Å². The maximum atomic E-state index is 13.3. The molecule has 2 aromatic rings. The highest BCUT2D eigenvalue weighted by molar-refractivity contribution is 7.89. The number of amides is 2. The number of hydrogen-bond donors (Lipinski definition) is 1. The molecule has 1 saturated heterocycles. The van der Waals surface area contributed by atoms with Gasteiger partial charge in [-0.2, -0.15) is 4.31 Å². The van der Waals surface area contributed by atoms with Gasteiger partial charge in [-0.15, -0.1) is 0 Å². The summed E-state index contributed by atoms with van der Waals surface area (Å²) in [4.78, 5) is 26.7. The van der Waals surface area contributed by atoms with Crippen LogP contribution in [0.4, 0.5) is 11.4 Å². The van der Waals surface area contributed by atoms with Gasteiger partial charge in [0.2, 0.25) is 21.8 Å². The first kappa shape index (κ1) is 25.0. The average Bonchev–Trinajstić information content (AvgIpc) is 3.18. The number of piperidine rings is 1. The molecule has 0 saturated carbocycles. The molecule has 2 heterocycles. The lowest BCUT2D eigenvalue weighted by Crippen LogP contribution is -2.41. The third-order valence-corrected chi connectivity index (χ3v) is 8.58. The van der Waals surface area contributed by atoms with Gasteiger partial charge in [-0.3, -0.25) is 9.59 Å². The summed E-state index contributed by atoms with van der Waals surface area (Å²) in [6, 6.07) is 10.1. The Hall–Kier alpha value is -3.11. The fraction of sp³-hybridized carbons (Fsp3) is 0.440. The van der Waals surface area contributed by atoms with Crippen molar-refractivity contribution < 1.29 is 27.5 Å². The minimum atomic E-state index is -3.70. The van der Waals surface area contributed by atoms with Gasteiger partial charge in [0.15, 0.2) is 0 Å². The number of fused-ring (bicyclic) bond motifs is 1. The van der Waals surface area contributed by atoms with E-state index in [-0.39, 0.29) is 41.8 Å².